The number of thiophene rings is 1. The number of amides is 1. The highest BCUT2D eigenvalue weighted by atomic mass is 32.1. The monoisotopic (exact) mass is 367 g/mol. The molecule has 5 nitrogen and oxygen atoms in total. The zero-order chi connectivity index (χ0) is 18.1. The van der Waals surface area contributed by atoms with E-state index < -0.39 is 0 Å². The Kier molecular flexibility index (Phi) is 4.59. The highest BCUT2D eigenvalue weighted by Gasteiger charge is 2.26. The minimum absolute atomic E-state index is 0.0235. The van der Waals surface area contributed by atoms with Gasteiger partial charge in [-0.05, 0) is 38.3 Å². The predicted octanol–water partition coefficient (Wildman–Crippen LogP) is 4.86. The van der Waals surface area contributed by atoms with Gasteiger partial charge in [0.2, 0.25) is 17.6 Å². The van der Waals surface area contributed by atoms with Crippen molar-refractivity contribution in [1.29, 1.82) is 0 Å². The number of rotatable bonds is 5. The third kappa shape index (κ3) is 3.55. The Bertz CT molecular complexity index is 923. The van der Waals surface area contributed by atoms with Crippen molar-refractivity contribution in [2.45, 2.75) is 45.4 Å². The molecule has 1 aromatic carbocycles. The van der Waals surface area contributed by atoms with E-state index in [1.807, 2.05) is 44.2 Å². The fourth-order valence-corrected chi connectivity index (χ4v) is 3.86. The molecule has 0 atom stereocenters. The van der Waals surface area contributed by atoms with Gasteiger partial charge in [0.05, 0.1) is 17.0 Å². The third-order valence-electron chi connectivity index (χ3n) is 4.79. The van der Waals surface area contributed by atoms with Crippen LogP contribution < -0.4 is 5.32 Å². The van der Waals surface area contributed by atoms with Crippen molar-refractivity contribution in [3.63, 3.8) is 0 Å². The van der Waals surface area contributed by atoms with Crippen LogP contribution in [0.25, 0.3) is 10.7 Å². The zero-order valence-corrected chi connectivity index (χ0v) is 15.7. The average Bonchev–Trinajstić information content (AvgIpc) is 3.16. The van der Waals surface area contributed by atoms with Gasteiger partial charge in [-0.25, -0.2) is 0 Å². The van der Waals surface area contributed by atoms with E-state index in [1.54, 1.807) is 11.3 Å². The van der Waals surface area contributed by atoms with Gasteiger partial charge < -0.3 is 9.84 Å². The Morgan fingerprint density at radius 3 is 2.73 bits per heavy atom. The van der Waals surface area contributed by atoms with E-state index in [9.17, 15) is 4.79 Å². The summed E-state index contributed by atoms with van der Waals surface area (Å²) in [6.07, 6.45) is 3.85. The summed E-state index contributed by atoms with van der Waals surface area (Å²) in [6, 6.07) is 9.95. The van der Waals surface area contributed by atoms with E-state index in [2.05, 4.69) is 15.5 Å². The summed E-state index contributed by atoms with van der Waals surface area (Å²) in [4.78, 5) is 18.8. The van der Waals surface area contributed by atoms with Crippen molar-refractivity contribution in [3.05, 3.63) is 52.2 Å². The molecule has 4 rings (SSSR count). The van der Waals surface area contributed by atoms with E-state index in [0.29, 0.717) is 18.2 Å². The lowest BCUT2D eigenvalue weighted by Gasteiger charge is -2.20. The molecule has 1 amide bonds. The first kappa shape index (κ1) is 17.0. The lowest BCUT2D eigenvalue weighted by atomic mass is 9.85. The van der Waals surface area contributed by atoms with Crippen molar-refractivity contribution in [2.24, 2.45) is 0 Å². The lowest BCUT2D eigenvalue weighted by Crippen LogP contribution is -2.14. The second-order valence-corrected chi connectivity index (χ2v) is 8.13. The van der Waals surface area contributed by atoms with Crippen LogP contribution in [0.1, 0.15) is 47.1 Å². The Labute approximate surface area is 156 Å². The average molecular weight is 367 g/mol. The van der Waals surface area contributed by atoms with Crippen molar-refractivity contribution in [2.75, 3.05) is 5.32 Å². The van der Waals surface area contributed by atoms with Gasteiger partial charge in [-0.1, -0.05) is 41.4 Å². The standard InChI is InChI=1S/C20H21N3O2S/c1-12-6-8-14(9-7-12)10-18(24)21-16-11-17(26-13(16)2)19-22-20(25-23-19)15-4-3-5-15/h6-9,11,15H,3-5,10H2,1-2H3,(H,21,24). The lowest BCUT2D eigenvalue weighted by molar-refractivity contribution is -0.115. The smallest absolute Gasteiger partial charge is 0.230 e. The largest absolute Gasteiger partial charge is 0.339 e. The van der Waals surface area contributed by atoms with Gasteiger partial charge in [-0.2, -0.15) is 4.98 Å². The summed E-state index contributed by atoms with van der Waals surface area (Å²) >= 11 is 1.57. The molecule has 134 valence electrons. The molecule has 1 N–H and O–H groups in total. The molecule has 1 aliphatic rings. The molecule has 2 aromatic heterocycles. The van der Waals surface area contributed by atoms with E-state index in [4.69, 9.17) is 4.52 Å². The molecular weight excluding hydrogens is 346 g/mol. The minimum Gasteiger partial charge on any atom is -0.339 e. The number of nitrogens with one attached hydrogen (secondary N) is 1. The van der Waals surface area contributed by atoms with Crippen LogP contribution in [0, 0.1) is 13.8 Å². The minimum atomic E-state index is -0.0235. The molecule has 6 heteroatoms. The van der Waals surface area contributed by atoms with Crippen LogP contribution in [-0.4, -0.2) is 16.0 Å². The molecule has 3 aromatic rings. The molecule has 0 saturated heterocycles. The highest BCUT2D eigenvalue weighted by molar-refractivity contribution is 7.16. The molecule has 0 unspecified atom stereocenters. The molecule has 1 fully saturated rings. The number of benzene rings is 1. The third-order valence-corrected chi connectivity index (χ3v) is 5.84. The first-order valence-electron chi connectivity index (χ1n) is 8.88. The summed E-state index contributed by atoms with van der Waals surface area (Å²) < 4.78 is 5.40. The van der Waals surface area contributed by atoms with Crippen LogP contribution in [0.3, 0.4) is 0 Å². The van der Waals surface area contributed by atoms with Crippen molar-refractivity contribution in [1.82, 2.24) is 10.1 Å². The number of carbonyl (C=O) groups excluding carboxylic acids is 1. The highest BCUT2D eigenvalue weighted by Crippen LogP contribution is 2.38. The summed E-state index contributed by atoms with van der Waals surface area (Å²) in [5.74, 6) is 1.75. The summed E-state index contributed by atoms with van der Waals surface area (Å²) in [6.45, 7) is 4.02. The van der Waals surface area contributed by atoms with Gasteiger partial charge in [0.15, 0.2) is 0 Å². The van der Waals surface area contributed by atoms with Gasteiger partial charge in [-0.3, -0.25) is 4.79 Å². The van der Waals surface area contributed by atoms with Crippen molar-refractivity contribution < 1.29 is 9.32 Å². The second-order valence-electron chi connectivity index (χ2n) is 6.88. The van der Waals surface area contributed by atoms with Gasteiger partial charge in [0.25, 0.3) is 0 Å². The quantitative estimate of drug-likeness (QED) is 0.699. The first-order chi connectivity index (χ1) is 12.6. The van der Waals surface area contributed by atoms with Crippen LogP contribution >= 0.6 is 11.3 Å². The van der Waals surface area contributed by atoms with Crippen molar-refractivity contribution in [3.8, 4) is 10.7 Å². The second kappa shape index (κ2) is 7.03. The number of aryl methyl sites for hydroxylation is 2. The number of anilines is 1. The first-order valence-corrected chi connectivity index (χ1v) is 9.70. The number of hydrogen-bond acceptors (Lipinski definition) is 5. The van der Waals surface area contributed by atoms with Gasteiger partial charge in [-0.15, -0.1) is 11.3 Å². The summed E-state index contributed by atoms with van der Waals surface area (Å²) in [5.41, 5.74) is 3.01. The maximum Gasteiger partial charge on any atom is 0.230 e. The summed E-state index contributed by atoms with van der Waals surface area (Å²) in [5, 5.41) is 7.11. The Morgan fingerprint density at radius 1 is 1.27 bits per heavy atom. The SMILES string of the molecule is Cc1ccc(CC(=O)Nc2cc(-c3noc(C4CCC4)n3)sc2C)cc1. The predicted molar refractivity (Wildman–Crippen MR) is 102 cm³/mol. The van der Waals surface area contributed by atoms with Gasteiger partial charge in [0.1, 0.15) is 0 Å². The molecule has 1 aliphatic carbocycles. The fourth-order valence-electron chi connectivity index (χ4n) is 2.96. The molecule has 1 saturated carbocycles. The maximum atomic E-state index is 12.3. The maximum absolute atomic E-state index is 12.3. The van der Waals surface area contributed by atoms with Crippen LogP contribution in [0.15, 0.2) is 34.9 Å². The fraction of sp³-hybridized carbons (Fsp3) is 0.350. The van der Waals surface area contributed by atoms with Crippen LogP contribution in [0.5, 0.6) is 0 Å². The Morgan fingerprint density at radius 2 is 2.04 bits per heavy atom. The Balaban J connectivity index is 1.45. The van der Waals surface area contributed by atoms with E-state index in [1.165, 1.54) is 12.0 Å². The molecule has 2 heterocycles. The van der Waals surface area contributed by atoms with Gasteiger partial charge in [0, 0.05) is 10.8 Å². The van der Waals surface area contributed by atoms with Gasteiger partial charge >= 0.3 is 0 Å². The zero-order valence-electron chi connectivity index (χ0n) is 14.9. The molecule has 0 spiro atoms. The molecule has 0 bridgehead atoms. The van der Waals surface area contributed by atoms with Crippen LogP contribution in [-0.2, 0) is 11.2 Å². The summed E-state index contributed by atoms with van der Waals surface area (Å²) in [7, 11) is 0. The number of aromatic nitrogens is 2. The molecular formula is C20H21N3O2S. The molecule has 0 aliphatic heterocycles. The topological polar surface area (TPSA) is 68.0 Å². The van der Waals surface area contributed by atoms with Crippen molar-refractivity contribution >= 4 is 22.9 Å². The molecule has 26 heavy (non-hydrogen) atoms. The van der Waals surface area contributed by atoms with Crippen LogP contribution in [0.4, 0.5) is 5.69 Å². The molecule has 0 radical (unpaired) electrons. The number of hydrogen-bond donors (Lipinski definition) is 1. The van der Waals surface area contributed by atoms with E-state index >= 15 is 0 Å². The number of nitrogens with zero attached hydrogens (tertiary/aromatic N) is 2. The normalized spacial score (nSPS) is 14.2. The van der Waals surface area contributed by atoms with E-state index in [-0.39, 0.29) is 5.91 Å². The Hall–Kier alpha value is -2.47. The number of carbonyl (C=O) groups is 1. The van der Waals surface area contributed by atoms with Crippen LogP contribution in [0.2, 0.25) is 0 Å². The van der Waals surface area contributed by atoms with E-state index in [0.717, 1.165) is 39.7 Å².